The Labute approximate surface area is 512 Å². The van der Waals surface area contributed by atoms with Crippen LogP contribution in [-0.2, 0) is 63.9 Å². The van der Waals surface area contributed by atoms with Crippen molar-refractivity contribution in [1.29, 1.82) is 0 Å². The predicted molar refractivity (Wildman–Crippen MR) is 318 cm³/mol. The van der Waals surface area contributed by atoms with E-state index in [0.717, 1.165) is 11.1 Å². The minimum atomic E-state index is -5.02. The van der Waals surface area contributed by atoms with Gasteiger partial charge in [-0.1, -0.05) is 40.7 Å². The fourth-order valence-corrected chi connectivity index (χ4v) is 15.2. The molecule has 8 bridgehead atoms. The van der Waals surface area contributed by atoms with Crippen molar-refractivity contribution in [1.82, 2.24) is 14.9 Å². The summed E-state index contributed by atoms with van der Waals surface area (Å²) in [6.07, 6.45) is -3.42. The van der Waals surface area contributed by atoms with Gasteiger partial charge in [-0.05, 0) is 106 Å². The molecular formula is C59H85CoN12O13P. The molecule has 2 fully saturated rings. The van der Waals surface area contributed by atoms with Crippen molar-refractivity contribution in [2.45, 2.75) is 176 Å². The zero-order valence-corrected chi connectivity index (χ0v) is 52.8. The van der Waals surface area contributed by atoms with Crippen molar-refractivity contribution in [2.24, 2.45) is 83.1 Å². The third-order valence-corrected chi connectivity index (χ3v) is 19.7. The molecule has 2 aromatic rings. The minimum Gasteiger partial charge on any atom is -0.682 e. The van der Waals surface area contributed by atoms with Crippen LogP contribution in [0.1, 0.15) is 137 Å². The Balaban J connectivity index is 0.00000591. The van der Waals surface area contributed by atoms with E-state index >= 15 is 0 Å². The summed E-state index contributed by atoms with van der Waals surface area (Å²) in [5.74, 6) is -5.68. The molecule has 1 aromatic heterocycles. The number of aliphatic imine (C=N–C) groups is 3. The number of carbonyl (C=O) groups excluding carboxylic acids is 6. The average molecular weight is 1260 g/mol. The number of aromatic nitrogens is 2. The number of nitrogens with one attached hydrogen (secondary N) is 1. The molecule has 0 saturated carbocycles. The number of nitrogens with two attached hydrogens (primary N) is 5. The first-order valence-corrected chi connectivity index (χ1v) is 30.0. The van der Waals surface area contributed by atoms with E-state index in [1.54, 1.807) is 4.57 Å². The Morgan fingerprint density at radius 3 is 2.10 bits per heavy atom. The first-order valence-electron chi connectivity index (χ1n) is 28.5. The quantitative estimate of drug-likeness (QED) is 0.0546. The Bertz CT molecular complexity index is 3300. The second-order valence-electron chi connectivity index (χ2n) is 25.3. The van der Waals surface area contributed by atoms with Crippen molar-refractivity contribution in [2.75, 3.05) is 13.2 Å². The molecule has 14 atom stereocenters. The van der Waals surface area contributed by atoms with Crippen LogP contribution in [0.4, 0.5) is 0 Å². The zero-order chi connectivity index (χ0) is 61.9. The maximum atomic E-state index is 14.1. The number of carbonyl (C=O) groups is 6. The summed E-state index contributed by atoms with van der Waals surface area (Å²) in [5, 5.41) is 30.0. The summed E-state index contributed by atoms with van der Waals surface area (Å²) >= 11 is 0. The second-order valence-corrected chi connectivity index (χ2v) is 26.7. The molecule has 7 heterocycles. The summed E-state index contributed by atoms with van der Waals surface area (Å²) in [5.41, 5.74) is 33.5. The first-order chi connectivity index (χ1) is 39.1. The van der Waals surface area contributed by atoms with Gasteiger partial charge in [0.1, 0.15) is 18.3 Å². The van der Waals surface area contributed by atoms with E-state index in [1.165, 1.54) is 13.3 Å². The van der Waals surface area contributed by atoms with Gasteiger partial charge >= 0.3 is 24.6 Å². The van der Waals surface area contributed by atoms with Crippen molar-refractivity contribution in [3.8, 4) is 0 Å². The fraction of sp³-hybridized carbons (Fsp3) is 0.610. The third-order valence-electron chi connectivity index (χ3n) is 18.6. The standard InChI is InChI=1S/C58H83N12O13P.CH3.Co/c1-27-17-36-38(18-28(27)2)70(26-65-36)54-49(78)50(39(25-71)81-54)83-84(79,80)82-29(3)24-64-46(77)15-16-56(8)34(19-43(61)74)48-53-58(10,23-45(63)76)33(12-14-42(60)73)47(68-53)31(5)52-57(9,22-44(62)75)32(11-13-41(59)72)35(67-52)20-40-55(6,7)21-37(66-40)30(4)51(56)69-48;;/h17-18,20,26,29,32-34,39,48-50,53-54,71,78H,11-16,19,21-25H2,1-10H3,(H13,59,60,61,62,63,64,66,67,68,69,72,73,74,75,76,77,79,80);1H3;/q;-1;+2/p-1/t29-,32-,33-,34+,39-,48-,49-,50-,53?,54+,56-,57+,58+;;/m1../s1. The van der Waals surface area contributed by atoms with Gasteiger partial charge in [-0.2, -0.15) is 5.70 Å². The van der Waals surface area contributed by atoms with Gasteiger partial charge in [-0.3, -0.25) is 52.8 Å². The SMILES string of the molecule is CC1=C2[N-][C@@H](C3N=C(C(C)=C4N=C(C=C5N=C1CC5(C)C)[C@@H](CCC(N)=O)[C@]4(C)CC(N)=O)[C@@H](CCC(N)=O)[C@]3(C)CC(N)=O)[C@H](CC(N)=O)[C@@]2(C)CCC(=O)NC[C@@H](C)OP(=O)(O)O[C@H]1[C@@H](O)[C@@H](n2cnc3cc(C)c(C)cc32)O[C@@H]1CO.[CH3-].[Co+2]. The first kappa shape index (κ1) is 69.1. The number of ether oxygens (including phenoxy) is 1. The molecule has 25 nitrogen and oxygen atoms in total. The molecule has 14 N–H and O–H groups in total. The van der Waals surface area contributed by atoms with Crippen LogP contribution in [0.25, 0.3) is 16.4 Å². The molecular weight excluding hydrogens is 1170 g/mol. The van der Waals surface area contributed by atoms with Gasteiger partial charge in [0.15, 0.2) is 6.23 Å². The number of amides is 6. The number of hydrogen-bond donors (Lipinski definition) is 9. The number of imidazole rings is 1. The molecule has 6 aliphatic heterocycles. The number of fused-ring (bicyclic) bond motifs is 7. The molecule has 473 valence electrons. The number of aryl methyl sites for hydroxylation is 2. The van der Waals surface area contributed by atoms with Crippen molar-refractivity contribution >= 4 is 71.4 Å². The molecule has 8 rings (SSSR count). The number of phosphoric ester groups is 1. The molecule has 0 aliphatic carbocycles. The summed E-state index contributed by atoms with van der Waals surface area (Å²) in [4.78, 5) is 111. The van der Waals surface area contributed by atoms with E-state index < -0.39 is 132 Å². The second kappa shape index (κ2) is 26.0. The Morgan fingerprint density at radius 1 is 0.872 bits per heavy atom. The molecule has 27 heteroatoms. The zero-order valence-electron chi connectivity index (χ0n) is 50.8. The van der Waals surface area contributed by atoms with Crippen molar-refractivity contribution in [3.05, 3.63) is 76.6 Å². The maximum absolute atomic E-state index is 14.1. The summed E-state index contributed by atoms with van der Waals surface area (Å²) in [6, 6.07) is 1.91. The summed E-state index contributed by atoms with van der Waals surface area (Å²) < 4.78 is 32.1. The van der Waals surface area contributed by atoms with E-state index in [1.807, 2.05) is 80.5 Å². The van der Waals surface area contributed by atoms with Gasteiger partial charge in [-0.15, -0.1) is 0 Å². The van der Waals surface area contributed by atoms with Crippen LogP contribution in [0, 0.1) is 60.7 Å². The van der Waals surface area contributed by atoms with Gasteiger partial charge in [0, 0.05) is 108 Å². The van der Waals surface area contributed by atoms with E-state index in [-0.39, 0.29) is 88.5 Å². The van der Waals surface area contributed by atoms with Crippen LogP contribution in [-0.4, -0.2) is 127 Å². The predicted octanol–water partition coefficient (Wildman–Crippen LogP) is 4.51. The van der Waals surface area contributed by atoms with Gasteiger partial charge < -0.3 is 71.1 Å². The van der Waals surface area contributed by atoms with Crippen LogP contribution >= 0.6 is 7.82 Å². The Hall–Kier alpha value is -5.96. The topological polar surface area (TPSA) is 419 Å². The van der Waals surface area contributed by atoms with Crippen LogP contribution < -0.4 is 34.0 Å². The molecule has 2 unspecified atom stereocenters. The minimum absolute atomic E-state index is 0. The summed E-state index contributed by atoms with van der Waals surface area (Å²) in [7, 11) is -5.02. The number of hydrogen-bond acceptors (Lipinski definition) is 16. The van der Waals surface area contributed by atoms with Gasteiger partial charge in [0.25, 0.3) is 0 Å². The van der Waals surface area contributed by atoms with Crippen LogP contribution in [0.5, 0.6) is 0 Å². The number of nitrogens with zero attached hydrogens (tertiary/aromatic N) is 6. The number of benzene rings is 1. The molecule has 86 heavy (non-hydrogen) atoms. The van der Waals surface area contributed by atoms with Crippen molar-refractivity contribution in [3.63, 3.8) is 0 Å². The third kappa shape index (κ3) is 13.5. The molecule has 1 radical (unpaired) electrons. The van der Waals surface area contributed by atoms with Gasteiger partial charge in [0.2, 0.25) is 35.4 Å². The van der Waals surface area contributed by atoms with E-state index in [9.17, 15) is 48.4 Å². The largest absolute Gasteiger partial charge is 2.00 e. The van der Waals surface area contributed by atoms with Gasteiger partial charge in [0.05, 0.1) is 35.8 Å². The van der Waals surface area contributed by atoms with Crippen LogP contribution in [0.3, 0.4) is 0 Å². The molecule has 1 aromatic carbocycles. The number of aliphatic hydroxyl groups excluding tert-OH is 2. The monoisotopic (exact) mass is 1260 g/mol. The maximum Gasteiger partial charge on any atom is 2.00 e. The van der Waals surface area contributed by atoms with Crippen LogP contribution in [0.15, 0.2) is 67.8 Å². The fourth-order valence-electron chi connectivity index (χ4n) is 14.1. The molecule has 6 amide bonds. The van der Waals surface area contributed by atoms with E-state index in [4.69, 9.17) is 62.7 Å². The molecule has 6 aliphatic rings. The number of primary amides is 5. The summed E-state index contributed by atoms with van der Waals surface area (Å²) in [6.45, 7) is 17.7. The number of phosphoric acid groups is 1. The number of rotatable bonds is 23. The number of aliphatic hydroxyl groups is 2. The van der Waals surface area contributed by atoms with Crippen LogP contribution in [0.2, 0.25) is 0 Å². The smallest absolute Gasteiger partial charge is 0.682 e. The van der Waals surface area contributed by atoms with Crippen molar-refractivity contribution < 1.29 is 79.0 Å². The normalized spacial score (nSPS) is 31.0. The van der Waals surface area contributed by atoms with E-state index in [0.29, 0.717) is 62.8 Å². The molecule has 0 spiro atoms. The molecule has 2 saturated heterocycles. The van der Waals surface area contributed by atoms with E-state index in [2.05, 4.69) is 10.3 Å². The van der Waals surface area contributed by atoms with Gasteiger partial charge in [-0.25, -0.2) is 9.55 Å². The number of allylic oxidation sites excluding steroid dienone is 6. The Morgan fingerprint density at radius 2 is 1.50 bits per heavy atom. The average Bonchev–Trinajstić information content (AvgIpc) is 1.57. The Kier molecular flexibility index (Phi) is 20.9.